The lowest BCUT2D eigenvalue weighted by Gasteiger charge is -2.30. The molecule has 1 heterocycles. The third-order valence-corrected chi connectivity index (χ3v) is 5.37. The Morgan fingerprint density at radius 3 is 2.74 bits per heavy atom. The van der Waals surface area contributed by atoms with E-state index in [-0.39, 0.29) is 11.9 Å². The topological polar surface area (TPSA) is 66.9 Å². The summed E-state index contributed by atoms with van der Waals surface area (Å²) < 4.78 is 30.2. The minimum absolute atomic E-state index is 0.0314. The van der Waals surface area contributed by atoms with Crippen LogP contribution >= 0.6 is 0 Å². The number of methoxy groups -OCH3 is 1. The van der Waals surface area contributed by atoms with Gasteiger partial charge in [-0.25, -0.2) is 8.42 Å². The summed E-state index contributed by atoms with van der Waals surface area (Å²) in [5, 5.41) is 0. The summed E-state index contributed by atoms with van der Waals surface area (Å²) in [4.78, 5) is 14.2. The summed E-state index contributed by atoms with van der Waals surface area (Å²) in [5.74, 6) is -0.0890. The molecule has 1 amide bonds. The molecule has 1 atom stereocenters. The molecule has 6 nitrogen and oxygen atoms in total. The molecule has 0 aromatic heterocycles. The Kier molecular flexibility index (Phi) is 5.31. The minimum atomic E-state index is -3.29. The number of anilines is 1. The van der Waals surface area contributed by atoms with Crippen molar-refractivity contribution < 1.29 is 17.9 Å². The van der Waals surface area contributed by atoms with Gasteiger partial charge >= 0.3 is 0 Å². The van der Waals surface area contributed by atoms with Crippen molar-refractivity contribution in [2.75, 3.05) is 37.9 Å². The van der Waals surface area contributed by atoms with Crippen LogP contribution in [0.2, 0.25) is 0 Å². The molecule has 1 aromatic rings. The average molecular weight is 340 g/mol. The molecule has 1 unspecified atom stereocenters. The first-order valence-corrected chi connectivity index (χ1v) is 9.47. The minimum Gasteiger partial charge on any atom is -0.383 e. The first-order valence-electron chi connectivity index (χ1n) is 7.62. The van der Waals surface area contributed by atoms with Crippen molar-refractivity contribution in [2.45, 2.75) is 25.8 Å². The van der Waals surface area contributed by atoms with E-state index < -0.39 is 10.0 Å². The van der Waals surface area contributed by atoms with Gasteiger partial charge in [0.2, 0.25) is 10.0 Å². The fraction of sp³-hybridized carbons (Fsp3) is 0.562. The highest BCUT2D eigenvalue weighted by atomic mass is 32.2. The zero-order chi connectivity index (χ0) is 17.2. The van der Waals surface area contributed by atoms with Crippen LogP contribution in [0.3, 0.4) is 0 Å². The lowest BCUT2D eigenvalue weighted by molar-refractivity contribution is 0.0633. The van der Waals surface area contributed by atoms with Crippen LogP contribution in [0.15, 0.2) is 18.2 Å². The van der Waals surface area contributed by atoms with Gasteiger partial charge in [-0.1, -0.05) is 0 Å². The van der Waals surface area contributed by atoms with Crippen LogP contribution in [0.1, 0.15) is 29.3 Å². The highest BCUT2D eigenvalue weighted by Crippen LogP contribution is 2.30. The van der Waals surface area contributed by atoms with Gasteiger partial charge in [0.25, 0.3) is 5.91 Å². The molecular formula is C16H24N2O4S. The van der Waals surface area contributed by atoms with Crippen LogP contribution in [0.4, 0.5) is 5.69 Å². The number of amides is 1. The predicted octanol–water partition coefficient (Wildman–Crippen LogP) is 1.51. The van der Waals surface area contributed by atoms with Gasteiger partial charge in [0.15, 0.2) is 0 Å². The van der Waals surface area contributed by atoms with Crippen molar-refractivity contribution in [3.8, 4) is 0 Å². The number of nitrogens with zero attached hydrogens (tertiary/aromatic N) is 2. The molecule has 0 bridgehead atoms. The van der Waals surface area contributed by atoms with E-state index in [0.717, 1.165) is 18.4 Å². The third-order valence-electron chi connectivity index (χ3n) is 4.19. The van der Waals surface area contributed by atoms with Crippen LogP contribution in [-0.2, 0) is 21.2 Å². The van der Waals surface area contributed by atoms with Crippen molar-refractivity contribution in [2.24, 2.45) is 0 Å². The molecule has 0 saturated carbocycles. The third kappa shape index (κ3) is 3.84. The van der Waals surface area contributed by atoms with Crippen molar-refractivity contribution in [1.82, 2.24) is 4.90 Å². The summed E-state index contributed by atoms with van der Waals surface area (Å²) in [6, 6.07) is 5.21. The fourth-order valence-electron chi connectivity index (χ4n) is 2.80. The molecule has 1 aliphatic heterocycles. The van der Waals surface area contributed by atoms with Crippen molar-refractivity contribution in [3.05, 3.63) is 29.3 Å². The van der Waals surface area contributed by atoms with Crippen LogP contribution in [0.5, 0.6) is 0 Å². The van der Waals surface area contributed by atoms with E-state index >= 15 is 0 Å². The van der Waals surface area contributed by atoms with E-state index in [1.165, 1.54) is 10.6 Å². The Labute approximate surface area is 138 Å². The van der Waals surface area contributed by atoms with Gasteiger partial charge in [-0.15, -0.1) is 0 Å². The number of hydrogen-bond acceptors (Lipinski definition) is 4. The fourth-order valence-corrected chi connectivity index (χ4v) is 3.79. The van der Waals surface area contributed by atoms with Gasteiger partial charge in [0.05, 0.1) is 24.6 Å². The Balaban J connectivity index is 2.29. The molecule has 0 spiro atoms. The molecule has 1 aromatic carbocycles. The highest BCUT2D eigenvalue weighted by molar-refractivity contribution is 7.92. The van der Waals surface area contributed by atoms with E-state index in [2.05, 4.69) is 0 Å². The van der Waals surface area contributed by atoms with Crippen LogP contribution in [-0.4, -0.2) is 58.8 Å². The highest BCUT2D eigenvalue weighted by Gasteiger charge is 2.25. The number of ether oxygens (including phenoxy) is 1. The van der Waals surface area contributed by atoms with Crippen LogP contribution in [0.25, 0.3) is 0 Å². The number of benzene rings is 1. The molecule has 23 heavy (non-hydrogen) atoms. The second-order valence-electron chi connectivity index (χ2n) is 6.00. The first-order chi connectivity index (χ1) is 10.8. The maximum atomic E-state index is 12.6. The predicted molar refractivity (Wildman–Crippen MR) is 90.4 cm³/mol. The van der Waals surface area contributed by atoms with E-state index in [4.69, 9.17) is 4.74 Å². The molecule has 7 heteroatoms. The van der Waals surface area contributed by atoms with E-state index in [1.807, 2.05) is 13.0 Å². The SMILES string of the molecule is COCC(C)N(C)C(=O)c1ccc2c(c1)CCCN2S(C)(=O)=O. The maximum Gasteiger partial charge on any atom is 0.253 e. The number of fused-ring (bicyclic) bond motifs is 1. The monoisotopic (exact) mass is 340 g/mol. The number of carbonyl (C=O) groups is 1. The van der Waals surface area contributed by atoms with Crippen LogP contribution in [0, 0.1) is 0 Å². The van der Waals surface area contributed by atoms with Gasteiger partial charge in [0.1, 0.15) is 0 Å². The van der Waals surface area contributed by atoms with Gasteiger partial charge in [-0.05, 0) is 43.5 Å². The number of likely N-dealkylation sites (N-methyl/N-ethyl adjacent to an activating group) is 1. The zero-order valence-electron chi connectivity index (χ0n) is 14.1. The van der Waals surface area contributed by atoms with E-state index in [1.54, 1.807) is 31.2 Å². The standard InChI is InChI=1S/C16H24N2O4S/c1-12(11-22-3)17(2)16(19)14-7-8-15-13(10-14)6-5-9-18(15)23(4,20)21/h7-8,10,12H,5-6,9,11H2,1-4H3. The molecule has 0 aliphatic carbocycles. The first kappa shape index (κ1) is 17.7. The molecule has 0 radical (unpaired) electrons. The van der Waals surface area contributed by atoms with Gasteiger partial charge in [-0.3, -0.25) is 9.10 Å². The number of carbonyl (C=O) groups excluding carboxylic acids is 1. The number of sulfonamides is 1. The van der Waals surface area contributed by atoms with Crippen molar-refractivity contribution in [3.63, 3.8) is 0 Å². The molecule has 2 rings (SSSR count). The Hall–Kier alpha value is -1.60. The van der Waals surface area contributed by atoms with Gasteiger partial charge in [0, 0.05) is 26.3 Å². The molecular weight excluding hydrogens is 316 g/mol. The maximum absolute atomic E-state index is 12.6. The number of hydrogen-bond donors (Lipinski definition) is 0. The quantitative estimate of drug-likeness (QED) is 0.815. The second kappa shape index (κ2) is 6.88. The Morgan fingerprint density at radius 2 is 2.13 bits per heavy atom. The summed E-state index contributed by atoms with van der Waals surface area (Å²) in [6.45, 7) is 2.88. The molecule has 0 N–H and O–H groups in total. The second-order valence-corrected chi connectivity index (χ2v) is 7.91. The summed E-state index contributed by atoms with van der Waals surface area (Å²) in [7, 11) is 0.0609. The molecule has 0 saturated heterocycles. The van der Waals surface area contributed by atoms with Crippen molar-refractivity contribution >= 4 is 21.6 Å². The zero-order valence-corrected chi connectivity index (χ0v) is 14.9. The smallest absolute Gasteiger partial charge is 0.253 e. The van der Waals surface area contributed by atoms with E-state index in [0.29, 0.717) is 24.4 Å². The molecule has 0 fully saturated rings. The summed E-state index contributed by atoms with van der Waals surface area (Å²) in [5.41, 5.74) is 2.16. The van der Waals surface area contributed by atoms with Crippen molar-refractivity contribution in [1.29, 1.82) is 0 Å². The normalized spacial score (nSPS) is 15.9. The Bertz CT molecular complexity index is 687. The summed E-state index contributed by atoms with van der Waals surface area (Å²) in [6.07, 6.45) is 2.74. The van der Waals surface area contributed by atoms with Gasteiger partial charge < -0.3 is 9.64 Å². The largest absolute Gasteiger partial charge is 0.383 e. The molecule has 128 valence electrons. The lowest BCUT2D eigenvalue weighted by Crippen LogP contribution is -2.38. The number of rotatable bonds is 5. The average Bonchev–Trinajstić information content (AvgIpc) is 2.51. The summed E-state index contributed by atoms with van der Waals surface area (Å²) >= 11 is 0. The van der Waals surface area contributed by atoms with Crippen LogP contribution < -0.4 is 4.31 Å². The lowest BCUT2D eigenvalue weighted by atomic mass is 10.00. The van der Waals surface area contributed by atoms with Gasteiger partial charge in [-0.2, -0.15) is 0 Å². The Morgan fingerprint density at radius 1 is 1.43 bits per heavy atom. The number of aryl methyl sites for hydroxylation is 1. The van der Waals surface area contributed by atoms with E-state index in [9.17, 15) is 13.2 Å². The molecule has 1 aliphatic rings.